The smallest absolute Gasteiger partial charge is 0.416 e. The summed E-state index contributed by atoms with van der Waals surface area (Å²) in [6.07, 6.45) is -6.27. The van der Waals surface area contributed by atoms with Crippen LogP contribution in [0.1, 0.15) is 12.5 Å². The lowest BCUT2D eigenvalue weighted by Gasteiger charge is -2.17. The average molecular weight is 413 g/mol. The fraction of sp³-hybridized carbons (Fsp3) is 0.350. The van der Waals surface area contributed by atoms with Crippen LogP contribution in [-0.4, -0.2) is 43.5 Å². The third-order valence-corrected chi connectivity index (χ3v) is 3.88. The Balaban J connectivity index is 1.73. The molecule has 0 heterocycles. The summed E-state index contributed by atoms with van der Waals surface area (Å²) in [4.78, 5) is 12.1. The Hall–Kier alpha value is -2.94. The van der Waals surface area contributed by atoms with Crippen LogP contribution < -0.4 is 19.5 Å². The van der Waals surface area contributed by atoms with E-state index in [2.05, 4.69) is 5.32 Å². The summed E-state index contributed by atoms with van der Waals surface area (Å²) < 4.78 is 53.3. The van der Waals surface area contributed by atoms with Gasteiger partial charge in [-0.1, -0.05) is 0 Å². The molecule has 1 amide bonds. The van der Waals surface area contributed by atoms with E-state index >= 15 is 0 Å². The number of aliphatic hydroxyl groups is 1. The third-order valence-electron chi connectivity index (χ3n) is 3.88. The summed E-state index contributed by atoms with van der Waals surface area (Å²) in [6, 6.07) is 10.8. The van der Waals surface area contributed by atoms with E-state index in [1.165, 1.54) is 12.1 Å². The summed E-state index contributed by atoms with van der Waals surface area (Å²) in [7, 11) is 1.54. The van der Waals surface area contributed by atoms with Crippen LogP contribution in [0.4, 0.5) is 13.2 Å². The van der Waals surface area contributed by atoms with E-state index in [1.54, 1.807) is 38.3 Å². The van der Waals surface area contributed by atoms with Gasteiger partial charge < -0.3 is 24.6 Å². The highest BCUT2D eigenvalue weighted by molar-refractivity contribution is 5.80. The van der Waals surface area contributed by atoms with E-state index < -0.39 is 29.9 Å². The molecule has 0 fully saturated rings. The first-order valence-corrected chi connectivity index (χ1v) is 8.75. The van der Waals surface area contributed by atoms with Crippen molar-refractivity contribution in [2.45, 2.75) is 25.3 Å². The number of rotatable bonds is 9. The lowest BCUT2D eigenvalue weighted by atomic mass is 10.2. The number of carbonyl (C=O) groups excluding carboxylic acids is 1. The standard InChI is InChI=1S/C20H22F3NO5/c1-13(29-18-9-7-16(27-2)8-10-18)19(26)24-11-15(25)12-28-17-5-3-14(4-6-17)20(21,22)23/h3-10,13,15,25H,11-12H2,1-2H3,(H,24,26). The van der Waals surface area contributed by atoms with Crippen molar-refractivity contribution in [3.05, 3.63) is 54.1 Å². The van der Waals surface area contributed by atoms with Gasteiger partial charge >= 0.3 is 6.18 Å². The van der Waals surface area contributed by atoms with Crippen LogP contribution in [0.15, 0.2) is 48.5 Å². The summed E-state index contributed by atoms with van der Waals surface area (Å²) in [5.74, 6) is 0.888. The molecule has 0 aliphatic carbocycles. The third kappa shape index (κ3) is 7.19. The van der Waals surface area contributed by atoms with Crippen LogP contribution in [0.25, 0.3) is 0 Å². The van der Waals surface area contributed by atoms with Crippen molar-refractivity contribution in [2.24, 2.45) is 0 Å². The molecule has 2 unspecified atom stereocenters. The Kier molecular flexibility index (Phi) is 7.72. The van der Waals surface area contributed by atoms with Crippen molar-refractivity contribution >= 4 is 5.91 Å². The molecule has 2 aromatic rings. The largest absolute Gasteiger partial charge is 0.497 e. The second-order valence-corrected chi connectivity index (χ2v) is 6.17. The second kappa shape index (κ2) is 10.0. The molecule has 0 aliphatic rings. The molecular formula is C20H22F3NO5. The average Bonchev–Trinajstić information content (AvgIpc) is 2.70. The van der Waals surface area contributed by atoms with Gasteiger partial charge in [-0.25, -0.2) is 0 Å². The predicted molar refractivity (Wildman–Crippen MR) is 99.0 cm³/mol. The molecule has 2 N–H and O–H groups in total. The van der Waals surface area contributed by atoms with Crippen LogP contribution in [-0.2, 0) is 11.0 Å². The maximum absolute atomic E-state index is 12.5. The number of carbonyl (C=O) groups is 1. The molecule has 0 aliphatic heterocycles. The first-order valence-electron chi connectivity index (χ1n) is 8.75. The minimum absolute atomic E-state index is 0.101. The first kappa shape index (κ1) is 22.4. The number of halogens is 3. The first-order chi connectivity index (χ1) is 13.7. The number of alkyl halides is 3. The molecule has 2 rings (SSSR count). The Morgan fingerprint density at radius 2 is 1.59 bits per heavy atom. The Morgan fingerprint density at radius 1 is 1.03 bits per heavy atom. The van der Waals surface area contributed by atoms with E-state index in [4.69, 9.17) is 14.2 Å². The normalized spacial score (nSPS) is 13.3. The number of hydrogen-bond acceptors (Lipinski definition) is 5. The zero-order chi connectivity index (χ0) is 21.4. The van der Waals surface area contributed by atoms with Gasteiger partial charge in [0.15, 0.2) is 6.10 Å². The minimum Gasteiger partial charge on any atom is -0.497 e. The van der Waals surface area contributed by atoms with Crippen molar-refractivity contribution < 1.29 is 37.3 Å². The van der Waals surface area contributed by atoms with Gasteiger partial charge in [-0.3, -0.25) is 4.79 Å². The van der Waals surface area contributed by atoms with Crippen molar-refractivity contribution in [2.75, 3.05) is 20.3 Å². The summed E-state index contributed by atoms with van der Waals surface area (Å²) in [5, 5.41) is 12.4. The molecule has 6 nitrogen and oxygen atoms in total. The molecule has 0 bridgehead atoms. The highest BCUT2D eigenvalue weighted by atomic mass is 19.4. The lowest BCUT2D eigenvalue weighted by Crippen LogP contribution is -2.41. The predicted octanol–water partition coefficient (Wildman–Crippen LogP) is 3.04. The molecule has 0 saturated carbocycles. The van der Waals surface area contributed by atoms with Gasteiger partial charge in [-0.2, -0.15) is 13.2 Å². The van der Waals surface area contributed by atoms with Gasteiger partial charge in [0.2, 0.25) is 0 Å². The summed E-state index contributed by atoms with van der Waals surface area (Å²) in [6.45, 7) is 1.26. The molecular weight excluding hydrogens is 391 g/mol. The van der Waals surface area contributed by atoms with E-state index in [-0.39, 0.29) is 18.9 Å². The SMILES string of the molecule is COc1ccc(OC(C)C(=O)NCC(O)COc2ccc(C(F)(F)F)cc2)cc1. The summed E-state index contributed by atoms with van der Waals surface area (Å²) >= 11 is 0. The number of aliphatic hydroxyl groups excluding tert-OH is 1. The maximum atomic E-state index is 12.5. The van der Waals surface area contributed by atoms with Gasteiger partial charge in [0, 0.05) is 6.54 Å². The van der Waals surface area contributed by atoms with Crippen molar-refractivity contribution in [1.82, 2.24) is 5.32 Å². The molecule has 0 spiro atoms. The Bertz CT molecular complexity index is 778. The maximum Gasteiger partial charge on any atom is 0.416 e. The van der Waals surface area contributed by atoms with Crippen molar-refractivity contribution in [1.29, 1.82) is 0 Å². The number of methoxy groups -OCH3 is 1. The van der Waals surface area contributed by atoms with Gasteiger partial charge in [-0.05, 0) is 55.5 Å². The molecule has 2 aromatic carbocycles. The van der Waals surface area contributed by atoms with Crippen LogP contribution in [0.2, 0.25) is 0 Å². The van der Waals surface area contributed by atoms with E-state index in [0.717, 1.165) is 12.1 Å². The Morgan fingerprint density at radius 3 is 2.14 bits per heavy atom. The van der Waals surface area contributed by atoms with E-state index in [1.807, 2.05) is 0 Å². The second-order valence-electron chi connectivity index (χ2n) is 6.17. The fourth-order valence-corrected chi connectivity index (χ4v) is 2.27. The van der Waals surface area contributed by atoms with Gasteiger partial charge in [0.25, 0.3) is 5.91 Å². The van der Waals surface area contributed by atoms with Crippen molar-refractivity contribution in [3.8, 4) is 17.2 Å². The highest BCUT2D eigenvalue weighted by Crippen LogP contribution is 2.30. The number of ether oxygens (including phenoxy) is 3. The zero-order valence-corrected chi connectivity index (χ0v) is 15.9. The molecule has 29 heavy (non-hydrogen) atoms. The van der Waals surface area contributed by atoms with E-state index in [9.17, 15) is 23.1 Å². The number of nitrogens with one attached hydrogen (secondary N) is 1. The molecule has 2 atom stereocenters. The fourth-order valence-electron chi connectivity index (χ4n) is 2.27. The summed E-state index contributed by atoms with van der Waals surface area (Å²) in [5.41, 5.74) is -0.788. The van der Waals surface area contributed by atoms with Crippen LogP contribution in [0.3, 0.4) is 0 Å². The van der Waals surface area contributed by atoms with Gasteiger partial charge in [0.1, 0.15) is 30.0 Å². The van der Waals surface area contributed by atoms with Crippen LogP contribution in [0, 0.1) is 0 Å². The number of hydrogen-bond donors (Lipinski definition) is 2. The van der Waals surface area contributed by atoms with Crippen molar-refractivity contribution in [3.63, 3.8) is 0 Å². The van der Waals surface area contributed by atoms with Crippen LogP contribution >= 0.6 is 0 Å². The number of benzene rings is 2. The Labute approximate surface area is 166 Å². The lowest BCUT2D eigenvalue weighted by molar-refractivity contribution is -0.137. The minimum atomic E-state index is -4.42. The number of amides is 1. The molecule has 9 heteroatoms. The van der Waals surface area contributed by atoms with Gasteiger partial charge in [-0.15, -0.1) is 0 Å². The molecule has 158 valence electrons. The van der Waals surface area contributed by atoms with Gasteiger partial charge in [0.05, 0.1) is 12.7 Å². The van der Waals surface area contributed by atoms with E-state index in [0.29, 0.717) is 11.5 Å². The molecule has 0 saturated heterocycles. The topological polar surface area (TPSA) is 77.0 Å². The van der Waals surface area contributed by atoms with Crippen LogP contribution in [0.5, 0.6) is 17.2 Å². The zero-order valence-electron chi connectivity index (χ0n) is 15.9. The monoisotopic (exact) mass is 413 g/mol. The molecule has 0 aromatic heterocycles. The highest BCUT2D eigenvalue weighted by Gasteiger charge is 2.30. The molecule has 0 radical (unpaired) electrons. The quantitative estimate of drug-likeness (QED) is 0.661.